The van der Waals surface area contributed by atoms with Gasteiger partial charge >= 0.3 is 0 Å². The lowest BCUT2D eigenvalue weighted by Gasteiger charge is -2.06. The second-order valence-electron chi connectivity index (χ2n) is 5.82. The second-order valence-corrected chi connectivity index (χ2v) is 6.22. The average Bonchev–Trinajstić information content (AvgIpc) is 3.10. The molecule has 0 bridgehead atoms. The van der Waals surface area contributed by atoms with Gasteiger partial charge in [0.2, 0.25) is 0 Å². The zero-order valence-corrected chi connectivity index (χ0v) is 14.5. The highest BCUT2D eigenvalue weighted by Crippen LogP contribution is 2.26. The van der Waals surface area contributed by atoms with Crippen molar-refractivity contribution in [2.24, 2.45) is 0 Å². The Balaban J connectivity index is 1.59. The maximum Gasteiger partial charge on any atom is 0.251 e. The van der Waals surface area contributed by atoms with Crippen LogP contribution in [0.25, 0.3) is 17.0 Å². The Morgan fingerprint density at radius 3 is 2.58 bits per heavy atom. The third kappa shape index (κ3) is 3.17. The maximum absolute atomic E-state index is 12.4. The fourth-order valence-electron chi connectivity index (χ4n) is 2.74. The summed E-state index contributed by atoms with van der Waals surface area (Å²) in [6.45, 7) is 0.475. The van der Waals surface area contributed by atoms with E-state index in [1.807, 2.05) is 59.0 Å². The predicted molar refractivity (Wildman–Crippen MR) is 101 cm³/mol. The predicted octanol–water partition coefficient (Wildman–Crippen LogP) is 3.98. The molecule has 6 heteroatoms. The van der Waals surface area contributed by atoms with Crippen LogP contribution in [-0.2, 0) is 6.54 Å². The molecule has 2 aromatic heterocycles. The molecule has 0 spiro atoms. The van der Waals surface area contributed by atoms with Gasteiger partial charge in [0, 0.05) is 23.9 Å². The number of nitrogens with one attached hydrogen (secondary N) is 1. The number of halogens is 1. The van der Waals surface area contributed by atoms with E-state index in [2.05, 4.69) is 15.5 Å². The summed E-state index contributed by atoms with van der Waals surface area (Å²) in [5.41, 5.74) is 2.96. The lowest BCUT2D eigenvalue weighted by atomic mass is 10.2. The van der Waals surface area contributed by atoms with E-state index in [-0.39, 0.29) is 5.91 Å². The highest BCUT2D eigenvalue weighted by molar-refractivity contribution is 6.33. The van der Waals surface area contributed by atoms with Crippen LogP contribution >= 0.6 is 11.6 Å². The van der Waals surface area contributed by atoms with Gasteiger partial charge in [0.05, 0.1) is 5.02 Å². The molecule has 26 heavy (non-hydrogen) atoms. The number of rotatable bonds is 4. The van der Waals surface area contributed by atoms with Gasteiger partial charge in [-0.1, -0.05) is 54.1 Å². The van der Waals surface area contributed by atoms with Gasteiger partial charge in [-0.3, -0.25) is 9.20 Å². The Morgan fingerprint density at radius 1 is 1.00 bits per heavy atom. The molecule has 1 N–H and O–H groups in total. The first-order valence-corrected chi connectivity index (χ1v) is 8.52. The zero-order chi connectivity index (χ0) is 17.9. The molecule has 4 rings (SSSR count). The maximum atomic E-state index is 12.4. The normalized spacial score (nSPS) is 10.8. The number of aromatic nitrogens is 3. The van der Waals surface area contributed by atoms with Crippen molar-refractivity contribution in [3.8, 4) is 11.4 Å². The molecule has 1 amide bonds. The first-order valence-electron chi connectivity index (χ1n) is 8.14. The molecule has 0 unspecified atom stereocenters. The van der Waals surface area contributed by atoms with Crippen molar-refractivity contribution >= 4 is 23.2 Å². The van der Waals surface area contributed by atoms with E-state index >= 15 is 0 Å². The molecule has 0 saturated heterocycles. The van der Waals surface area contributed by atoms with Crippen LogP contribution in [0.3, 0.4) is 0 Å². The van der Waals surface area contributed by atoms with E-state index in [4.69, 9.17) is 11.6 Å². The number of hydrogen-bond acceptors (Lipinski definition) is 3. The molecule has 4 aromatic rings. The summed E-state index contributed by atoms with van der Waals surface area (Å²) >= 11 is 6.25. The van der Waals surface area contributed by atoms with Crippen LogP contribution in [0.4, 0.5) is 0 Å². The molecule has 128 valence electrons. The molecular weight excluding hydrogens is 348 g/mol. The lowest BCUT2D eigenvalue weighted by molar-refractivity contribution is 0.0951. The minimum Gasteiger partial charge on any atom is -0.348 e. The van der Waals surface area contributed by atoms with Gasteiger partial charge < -0.3 is 5.32 Å². The number of hydrogen-bond donors (Lipinski definition) is 1. The summed E-state index contributed by atoms with van der Waals surface area (Å²) in [5, 5.41) is 11.9. The molecule has 0 atom stereocenters. The van der Waals surface area contributed by atoms with Crippen molar-refractivity contribution in [3.05, 3.63) is 89.1 Å². The standard InChI is InChI=1S/C20H15ClN4O/c21-17-9-5-4-8-16(17)19-24-23-18-12-15(10-11-25(18)19)20(26)22-13-14-6-2-1-3-7-14/h1-12H,13H2,(H,22,26). The molecule has 0 aliphatic heterocycles. The third-order valence-corrected chi connectivity index (χ3v) is 4.41. The Bertz CT molecular complexity index is 1080. The number of amides is 1. The van der Waals surface area contributed by atoms with Crippen molar-refractivity contribution in [2.75, 3.05) is 0 Å². The third-order valence-electron chi connectivity index (χ3n) is 4.08. The van der Waals surface area contributed by atoms with Crippen LogP contribution in [0.1, 0.15) is 15.9 Å². The van der Waals surface area contributed by atoms with Gasteiger partial charge in [-0.2, -0.15) is 0 Å². The Kier molecular flexibility index (Phi) is 4.37. The van der Waals surface area contributed by atoms with Gasteiger partial charge in [0.25, 0.3) is 5.91 Å². The minimum absolute atomic E-state index is 0.154. The smallest absolute Gasteiger partial charge is 0.251 e. The van der Waals surface area contributed by atoms with Gasteiger partial charge in [-0.05, 0) is 29.8 Å². The summed E-state index contributed by atoms with van der Waals surface area (Å²) in [6, 6.07) is 20.7. The summed E-state index contributed by atoms with van der Waals surface area (Å²) < 4.78 is 1.81. The Morgan fingerprint density at radius 2 is 1.77 bits per heavy atom. The molecule has 0 aliphatic carbocycles. The van der Waals surface area contributed by atoms with Gasteiger partial charge in [0.1, 0.15) is 0 Å². The van der Waals surface area contributed by atoms with Crippen molar-refractivity contribution in [2.45, 2.75) is 6.54 Å². The van der Waals surface area contributed by atoms with Crippen molar-refractivity contribution in [1.29, 1.82) is 0 Å². The van der Waals surface area contributed by atoms with Crippen molar-refractivity contribution in [1.82, 2.24) is 19.9 Å². The number of pyridine rings is 1. The van der Waals surface area contributed by atoms with Crippen LogP contribution in [0.15, 0.2) is 72.9 Å². The van der Waals surface area contributed by atoms with Crippen LogP contribution in [0.2, 0.25) is 5.02 Å². The average molecular weight is 363 g/mol. The van der Waals surface area contributed by atoms with Crippen LogP contribution in [0.5, 0.6) is 0 Å². The summed E-state index contributed by atoms with van der Waals surface area (Å²) in [4.78, 5) is 12.4. The van der Waals surface area contributed by atoms with E-state index in [0.29, 0.717) is 28.6 Å². The molecule has 0 radical (unpaired) electrons. The van der Waals surface area contributed by atoms with Crippen LogP contribution in [0, 0.1) is 0 Å². The Hall–Kier alpha value is -3.18. The van der Waals surface area contributed by atoms with Gasteiger partial charge in [0.15, 0.2) is 11.5 Å². The molecular formula is C20H15ClN4O. The quantitative estimate of drug-likeness (QED) is 0.597. The number of carbonyl (C=O) groups is 1. The lowest BCUT2D eigenvalue weighted by Crippen LogP contribution is -2.22. The minimum atomic E-state index is -0.154. The molecule has 0 aliphatic rings. The molecule has 2 aromatic carbocycles. The zero-order valence-electron chi connectivity index (χ0n) is 13.8. The molecule has 0 fully saturated rings. The Labute approximate surface area is 155 Å². The number of carbonyl (C=O) groups excluding carboxylic acids is 1. The summed E-state index contributed by atoms with van der Waals surface area (Å²) in [5.74, 6) is 0.487. The molecule has 2 heterocycles. The van der Waals surface area contributed by atoms with E-state index in [0.717, 1.165) is 11.1 Å². The molecule has 5 nitrogen and oxygen atoms in total. The van der Waals surface area contributed by atoms with E-state index in [1.165, 1.54) is 0 Å². The first kappa shape index (κ1) is 16.3. The van der Waals surface area contributed by atoms with E-state index in [9.17, 15) is 4.79 Å². The fourth-order valence-corrected chi connectivity index (χ4v) is 2.96. The van der Waals surface area contributed by atoms with E-state index < -0.39 is 0 Å². The second kappa shape index (κ2) is 6.98. The number of fused-ring (bicyclic) bond motifs is 1. The number of nitrogens with zero attached hydrogens (tertiary/aromatic N) is 3. The van der Waals surface area contributed by atoms with E-state index in [1.54, 1.807) is 18.3 Å². The molecule has 0 saturated carbocycles. The highest BCUT2D eigenvalue weighted by Gasteiger charge is 2.13. The van der Waals surface area contributed by atoms with Crippen LogP contribution in [-0.4, -0.2) is 20.5 Å². The highest BCUT2D eigenvalue weighted by atomic mass is 35.5. The topological polar surface area (TPSA) is 59.3 Å². The largest absolute Gasteiger partial charge is 0.348 e. The van der Waals surface area contributed by atoms with Crippen LogP contribution < -0.4 is 5.32 Å². The van der Waals surface area contributed by atoms with Gasteiger partial charge in [-0.25, -0.2) is 0 Å². The first-order chi connectivity index (χ1) is 12.7. The van der Waals surface area contributed by atoms with Crippen molar-refractivity contribution in [3.63, 3.8) is 0 Å². The SMILES string of the molecule is O=C(NCc1ccccc1)c1ccn2c(-c3ccccc3Cl)nnc2c1. The number of benzene rings is 2. The van der Waals surface area contributed by atoms with Gasteiger partial charge in [-0.15, -0.1) is 10.2 Å². The summed E-state index contributed by atoms with van der Waals surface area (Å²) in [7, 11) is 0. The fraction of sp³-hybridized carbons (Fsp3) is 0.0500. The van der Waals surface area contributed by atoms with Crippen molar-refractivity contribution < 1.29 is 4.79 Å². The monoisotopic (exact) mass is 362 g/mol. The summed E-state index contributed by atoms with van der Waals surface area (Å²) in [6.07, 6.45) is 1.78.